The van der Waals surface area contributed by atoms with E-state index in [1.807, 2.05) is 6.92 Å². The zero-order valence-corrected chi connectivity index (χ0v) is 18.6. The molecule has 176 valence electrons. The predicted molar refractivity (Wildman–Crippen MR) is 116 cm³/mol. The summed E-state index contributed by atoms with van der Waals surface area (Å²) in [5, 5.41) is 10.4. The number of benzene rings is 2. The van der Waals surface area contributed by atoms with Crippen LogP contribution in [0.1, 0.15) is 47.8 Å². The first kappa shape index (κ1) is 24.2. The van der Waals surface area contributed by atoms with E-state index >= 15 is 0 Å². The molecule has 0 aliphatic carbocycles. The molecule has 0 bridgehead atoms. The second-order valence-corrected chi connectivity index (χ2v) is 7.75. The highest BCUT2D eigenvalue weighted by molar-refractivity contribution is 6.05. The lowest BCUT2D eigenvalue weighted by Crippen LogP contribution is -2.21. The molecule has 0 saturated carbocycles. The third-order valence-corrected chi connectivity index (χ3v) is 5.85. The topological polar surface area (TPSA) is 77.8 Å². The summed E-state index contributed by atoms with van der Waals surface area (Å²) in [6.45, 7) is 2.26. The molecule has 0 aliphatic rings. The van der Waals surface area contributed by atoms with Gasteiger partial charge in [0.25, 0.3) is 5.91 Å². The molecule has 1 unspecified atom stereocenters. The number of nitrogens with zero attached hydrogens (tertiary/aromatic N) is 1. The Morgan fingerprint density at radius 3 is 2.30 bits per heavy atom. The monoisotopic (exact) mass is 463 g/mol. The number of aliphatic carboxylic acids is 1. The SMILES string of the molecule is CCC(C)[C@H](C(=O)O)c1c(C)n(C(=O)c2ccc(OC(F)F)cc2)c2cc(F)c(OC)cc12. The molecular weight excluding hydrogens is 439 g/mol. The molecular formula is C24H24F3NO5. The standard InChI is InChI=1S/C24H24F3NO5/c1-5-12(2)20(23(30)31)21-13(3)28(18-11-17(25)19(32-4)10-16(18)21)22(29)14-6-8-15(9-7-14)33-24(26)27/h6-12,20,24H,5H2,1-4H3,(H,30,31)/t12?,20-/m0/s1. The minimum absolute atomic E-state index is 0.0739. The van der Waals surface area contributed by atoms with Gasteiger partial charge in [0.05, 0.1) is 18.5 Å². The zero-order valence-electron chi connectivity index (χ0n) is 18.6. The van der Waals surface area contributed by atoms with Gasteiger partial charge in [-0.3, -0.25) is 14.2 Å². The van der Waals surface area contributed by atoms with Gasteiger partial charge in [0, 0.05) is 22.7 Å². The Hall–Kier alpha value is -3.49. The van der Waals surface area contributed by atoms with E-state index in [2.05, 4.69) is 4.74 Å². The van der Waals surface area contributed by atoms with E-state index in [9.17, 15) is 27.9 Å². The maximum atomic E-state index is 14.6. The smallest absolute Gasteiger partial charge is 0.387 e. The van der Waals surface area contributed by atoms with Crippen LogP contribution in [-0.4, -0.2) is 35.3 Å². The summed E-state index contributed by atoms with van der Waals surface area (Å²) >= 11 is 0. The Bertz CT molecular complexity index is 1190. The van der Waals surface area contributed by atoms with Gasteiger partial charge in [-0.2, -0.15) is 8.78 Å². The van der Waals surface area contributed by atoms with Crippen molar-refractivity contribution in [1.29, 1.82) is 0 Å². The summed E-state index contributed by atoms with van der Waals surface area (Å²) in [6, 6.07) is 7.61. The number of carboxylic acids is 1. The Morgan fingerprint density at radius 2 is 1.79 bits per heavy atom. The van der Waals surface area contributed by atoms with E-state index in [-0.39, 0.29) is 28.5 Å². The zero-order chi connectivity index (χ0) is 24.4. The Labute approximate surface area is 188 Å². The Kier molecular flexibility index (Phi) is 7.00. The number of carbonyl (C=O) groups is 2. The van der Waals surface area contributed by atoms with Crippen LogP contribution in [0, 0.1) is 18.7 Å². The molecule has 1 N–H and O–H groups in total. The number of methoxy groups -OCH3 is 1. The average molecular weight is 463 g/mol. The van der Waals surface area contributed by atoms with Gasteiger partial charge in [0.1, 0.15) is 5.75 Å². The molecule has 2 aromatic carbocycles. The molecule has 33 heavy (non-hydrogen) atoms. The fourth-order valence-corrected chi connectivity index (χ4v) is 4.05. The van der Waals surface area contributed by atoms with Gasteiger partial charge >= 0.3 is 12.6 Å². The van der Waals surface area contributed by atoms with E-state index in [0.717, 1.165) is 6.07 Å². The van der Waals surface area contributed by atoms with Crippen LogP contribution in [0.5, 0.6) is 11.5 Å². The minimum atomic E-state index is -3.00. The molecule has 3 aromatic rings. The fraction of sp³-hybridized carbons (Fsp3) is 0.333. The molecule has 0 saturated heterocycles. The van der Waals surface area contributed by atoms with Crippen LogP contribution in [0.4, 0.5) is 13.2 Å². The highest BCUT2D eigenvalue weighted by Crippen LogP contribution is 2.39. The van der Waals surface area contributed by atoms with Crippen molar-refractivity contribution in [2.45, 2.75) is 39.7 Å². The van der Waals surface area contributed by atoms with E-state index in [4.69, 9.17) is 4.74 Å². The van der Waals surface area contributed by atoms with Crippen molar-refractivity contribution in [3.63, 3.8) is 0 Å². The summed E-state index contributed by atoms with van der Waals surface area (Å²) < 4.78 is 50.1. The first-order valence-electron chi connectivity index (χ1n) is 10.3. The predicted octanol–water partition coefficient (Wildman–Crippen LogP) is 5.60. The minimum Gasteiger partial charge on any atom is -0.494 e. The first-order chi connectivity index (χ1) is 15.6. The Balaban J connectivity index is 2.25. The quantitative estimate of drug-likeness (QED) is 0.470. The number of hydrogen-bond acceptors (Lipinski definition) is 4. The van der Waals surface area contributed by atoms with Crippen LogP contribution in [0.2, 0.25) is 0 Å². The van der Waals surface area contributed by atoms with Crippen LogP contribution >= 0.6 is 0 Å². The number of hydrogen-bond donors (Lipinski definition) is 1. The molecule has 0 aliphatic heterocycles. The lowest BCUT2D eigenvalue weighted by Gasteiger charge is -2.20. The number of alkyl halides is 2. The lowest BCUT2D eigenvalue weighted by molar-refractivity contribution is -0.140. The summed E-state index contributed by atoms with van der Waals surface area (Å²) in [5.74, 6) is -3.73. The summed E-state index contributed by atoms with van der Waals surface area (Å²) in [5.41, 5.74) is 1.07. The van der Waals surface area contributed by atoms with E-state index < -0.39 is 30.2 Å². The Morgan fingerprint density at radius 1 is 1.15 bits per heavy atom. The maximum Gasteiger partial charge on any atom is 0.387 e. The van der Waals surface area contributed by atoms with Crippen LogP contribution in [0.3, 0.4) is 0 Å². The average Bonchev–Trinajstić information content (AvgIpc) is 3.03. The molecule has 1 aromatic heterocycles. The molecule has 3 rings (SSSR count). The van der Waals surface area contributed by atoms with Crippen molar-refractivity contribution in [3.05, 3.63) is 59.0 Å². The summed E-state index contributed by atoms with van der Waals surface area (Å²) in [7, 11) is 1.30. The second kappa shape index (κ2) is 9.56. The van der Waals surface area contributed by atoms with Gasteiger partial charge in [-0.15, -0.1) is 0 Å². The molecule has 0 fully saturated rings. The largest absolute Gasteiger partial charge is 0.494 e. The normalized spacial score (nSPS) is 13.2. The second-order valence-electron chi connectivity index (χ2n) is 7.75. The number of carbonyl (C=O) groups excluding carboxylic acids is 1. The third kappa shape index (κ3) is 4.53. The van der Waals surface area contributed by atoms with E-state index in [0.29, 0.717) is 23.1 Å². The molecule has 2 atom stereocenters. The number of rotatable bonds is 8. The van der Waals surface area contributed by atoms with Crippen molar-refractivity contribution in [2.75, 3.05) is 7.11 Å². The van der Waals surface area contributed by atoms with Crippen LogP contribution in [0.15, 0.2) is 36.4 Å². The van der Waals surface area contributed by atoms with Crippen molar-refractivity contribution >= 4 is 22.8 Å². The fourth-order valence-electron chi connectivity index (χ4n) is 4.05. The van der Waals surface area contributed by atoms with Crippen molar-refractivity contribution < 1.29 is 37.3 Å². The van der Waals surface area contributed by atoms with Gasteiger partial charge in [0.2, 0.25) is 0 Å². The van der Waals surface area contributed by atoms with Crippen molar-refractivity contribution in [3.8, 4) is 11.5 Å². The number of halogens is 3. The van der Waals surface area contributed by atoms with Gasteiger partial charge in [-0.1, -0.05) is 20.3 Å². The molecule has 0 radical (unpaired) electrons. The number of ether oxygens (including phenoxy) is 2. The number of fused-ring (bicyclic) bond motifs is 1. The first-order valence-corrected chi connectivity index (χ1v) is 10.3. The molecule has 9 heteroatoms. The van der Waals surface area contributed by atoms with E-state index in [1.165, 1.54) is 42.0 Å². The third-order valence-electron chi connectivity index (χ3n) is 5.85. The van der Waals surface area contributed by atoms with Crippen molar-refractivity contribution in [1.82, 2.24) is 4.57 Å². The van der Waals surface area contributed by atoms with Crippen LogP contribution < -0.4 is 9.47 Å². The summed E-state index contributed by atoms with van der Waals surface area (Å²) in [4.78, 5) is 25.6. The highest BCUT2D eigenvalue weighted by Gasteiger charge is 2.33. The molecule has 6 nitrogen and oxygen atoms in total. The maximum absolute atomic E-state index is 14.6. The van der Waals surface area contributed by atoms with Crippen LogP contribution in [-0.2, 0) is 4.79 Å². The van der Waals surface area contributed by atoms with Gasteiger partial charge in [-0.05, 0) is 48.7 Å². The molecule has 0 spiro atoms. The molecule has 1 heterocycles. The van der Waals surface area contributed by atoms with E-state index in [1.54, 1.807) is 13.8 Å². The van der Waals surface area contributed by atoms with Gasteiger partial charge in [-0.25, -0.2) is 4.39 Å². The summed E-state index contributed by atoms with van der Waals surface area (Å²) in [6.07, 6.45) is 0.570. The number of carboxylic acid groups (broad SMARTS) is 1. The molecule has 0 amide bonds. The van der Waals surface area contributed by atoms with Crippen LogP contribution in [0.25, 0.3) is 10.9 Å². The van der Waals surface area contributed by atoms with Gasteiger partial charge in [0.15, 0.2) is 11.6 Å². The lowest BCUT2D eigenvalue weighted by atomic mass is 9.84. The number of aromatic nitrogens is 1. The van der Waals surface area contributed by atoms with Gasteiger partial charge < -0.3 is 14.6 Å². The highest BCUT2D eigenvalue weighted by atomic mass is 19.3. The van der Waals surface area contributed by atoms with Crippen molar-refractivity contribution in [2.24, 2.45) is 5.92 Å².